The van der Waals surface area contributed by atoms with Crippen LogP contribution in [0.5, 0.6) is 0 Å². The minimum atomic E-state index is 0.310. The number of benzene rings is 1. The maximum absolute atomic E-state index is 2.53. The second-order valence-corrected chi connectivity index (χ2v) is 13.3. The summed E-state index contributed by atoms with van der Waals surface area (Å²) in [6, 6.07) is 5.06. The zero-order valence-electron chi connectivity index (χ0n) is 20.0. The molecular formula is C25H45B. The van der Waals surface area contributed by atoms with Crippen molar-refractivity contribution in [2.24, 2.45) is 16.2 Å². The van der Waals surface area contributed by atoms with Crippen LogP contribution in [-0.4, -0.2) is 7.28 Å². The quantitative estimate of drug-likeness (QED) is 0.525. The highest BCUT2D eigenvalue weighted by molar-refractivity contribution is 6.57. The Kier molecular flexibility index (Phi) is 6.93. The molecule has 0 nitrogen and oxygen atoms in total. The lowest BCUT2D eigenvalue weighted by molar-refractivity contribution is 0.401. The van der Waals surface area contributed by atoms with E-state index < -0.39 is 0 Å². The van der Waals surface area contributed by atoms with E-state index in [1.165, 1.54) is 12.8 Å². The predicted molar refractivity (Wildman–Crippen MR) is 122 cm³/mol. The number of rotatable bonds is 4. The summed E-state index contributed by atoms with van der Waals surface area (Å²) < 4.78 is 0. The van der Waals surface area contributed by atoms with Gasteiger partial charge in [0.25, 0.3) is 0 Å². The largest absolute Gasteiger partial charge is 0.163 e. The molecule has 0 fully saturated rings. The van der Waals surface area contributed by atoms with Crippen LogP contribution < -0.4 is 5.46 Å². The molecule has 0 amide bonds. The molecule has 0 aromatic heterocycles. The van der Waals surface area contributed by atoms with Gasteiger partial charge in [-0.1, -0.05) is 117 Å². The highest BCUT2D eigenvalue weighted by Gasteiger charge is 2.25. The van der Waals surface area contributed by atoms with Crippen molar-refractivity contribution in [1.29, 1.82) is 0 Å². The van der Waals surface area contributed by atoms with Gasteiger partial charge in [0.2, 0.25) is 0 Å². The molecular weight excluding hydrogens is 311 g/mol. The molecule has 0 aliphatic rings. The van der Waals surface area contributed by atoms with Crippen molar-refractivity contribution in [3.63, 3.8) is 0 Å². The van der Waals surface area contributed by atoms with E-state index in [2.05, 4.69) is 95.2 Å². The van der Waals surface area contributed by atoms with Gasteiger partial charge in [0.1, 0.15) is 0 Å². The van der Waals surface area contributed by atoms with Gasteiger partial charge in [0, 0.05) is 0 Å². The van der Waals surface area contributed by atoms with Crippen LogP contribution >= 0.6 is 0 Å². The van der Waals surface area contributed by atoms with E-state index in [0.29, 0.717) is 21.6 Å². The van der Waals surface area contributed by atoms with Crippen LogP contribution in [0.2, 0.25) is 5.31 Å². The minimum absolute atomic E-state index is 0.310. The fourth-order valence-electron chi connectivity index (χ4n) is 3.80. The van der Waals surface area contributed by atoms with Crippen LogP contribution in [0.4, 0.5) is 0 Å². The molecule has 1 heteroatoms. The topological polar surface area (TPSA) is 0 Å². The zero-order valence-corrected chi connectivity index (χ0v) is 20.0. The van der Waals surface area contributed by atoms with Gasteiger partial charge in [-0.2, -0.15) is 0 Å². The van der Waals surface area contributed by atoms with Gasteiger partial charge in [-0.3, -0.25) is 0 Å². The van der Waals surface area contributed by atoms with E-state index in [-0.39, 0.29) is 0 Å². The maximum Gasteiger partial charge on any atom is 0.163 e. The van der Waals surface area contributed by atoms with Gasteiger partial charge in [-0.25, -0.2) is 0 Å². The molecule has 0 aliphatic heterocycles. The maximum atomic E-state index is 2.53. The first-order valence-electron chi connectivity index (χ1n) is 10.5. The first-order valence-corrected chi connectivity index (χ1v) is 10.5. The lowest BCUT2D eigenvalue weighted by atomic mass is 9.48. The lowest BCUT2D eigenvalue weighted by Gasteiger charge is -2.30. The molecule has 0 spiro atoms. The summed E-state index contributed by atoms with van der Waals surface area (Å²) in [4.78, 5) is 0. The summed E-state index contributed by atoms with van der Waals surface area (Å²) in [6.07, 6.45) is 3.47. The summed E-state index contributed by atoms with van der Waals surface area (Å²) in [5, 5.41) is 0.310. The van der Waals surface area contributed by atoms with Crippen molar-refractivity contribution in [1.82, 2.24) is 0 Å². The third-order valence-corrected chi connectivity index (χ3v) is 4.38. The predicted octanol–water partition coefficient (Wildman–Crippen LogP) is 6.73. The molecule has 0 N–H and O–H groups in total. The summed E-state index contributed by atoms with van der Waals surface area (Å²) in [7, 11) is 1.17. The van der Waals surface area contributed by atoms with E-state index in [4.69, 9.17) is 0 Å². The molecule has 0 heterocycles. The molecule has 1 rings (SSSR count). The second-order valence-electron chi connectivity index (χ2n) is 13.3. The SMILES string of the molecule is CC(C)(C)Bc1c(CC(C)(C)C)cc(CC(C)(C)C)cc1CC(C)(C)C. The molecule has 0 bridgehead atoms. The lowest BCUT2D eigenvalue weighted by Crippen LogP contribution is -2.34. The van der Waals surface area contributed by atoms with Crippen LogP contribution in [0.25, 0.3) is 0 Å². The Morgan fingerprint density at radius 1 is 0.577 bits per heavy atom. The fraction of sp³-hybridized carbons (Fsp3) is 0.760. The molecule has 0 unspecified atom stereocenters. The third-order valence-electron chi connectivity index (χ3n) is 4.38. The Balaban J connectivity index is 3.57. The Bertz CT molecular complexity index is 558. The van der Waals surface area contributed by atoms with Crippen LogP contribution in [-0.2, 0) is 19.3 Å². The Morgan fingerprint density at radius 3 is 1.19 bits per heavy atom. The molecule has 0 saturated carbocycles. The van der Waals surface area contributed by atoms with Crippen molar-refractivity contribution in [3.05, 3.63) is 28.8 Å². The Hall–Kier alpha value is -0.715. The summed E-state index contributed by atoms with van der Waals surface area (Å²) in [5.41, 5.74) is 7.28. The first kappa shape index (κ1) is 23.3. The summed E-state index contributed by atoms with van der Waals surface area (Å²) in [6.45, 7) is 28.4. The second kappa shape index (κ2) is 7.73. The van der Waals surface area contributed by atoms with Crippen molar-refractivity contribution in [2.45, 2.75) is 108 Å². The van der Waals surface area contributed by atoms with Gasteiger partial charge >= 0.3 is 0 Å². The van der Waals surface area contributed by atoms with Gasteiger partial charge in [0.05, 0.1) is 0 Å². The van der Waals surface area contributed by atoms with Gasteiger partial charge in [-0.15, -0.1) is 0 Å². The van der Waals surface area contributed by atoms with E-state index in [0.717, 1.165) is 19.3 Å². The number of hydrogen-bond donors (Lipinski definition) is 0. The van der Waals surface area contributed by atoms with Crippen molar-refractivity contribution < 1.29 is 0 Å². The van der Waals surface area contributed by atoms with Crippen molar-refractivity contribution in [3.8, 4) is 0 Å². The van der Waals surface area contributed by atoms with Crippen molar-refractivity contribution in [2.75, 3.05) is 0 Å². The van der Waals surface area contributed by atoms with Crippen LogP contribution in [0, 0.1) is 16.2 Å². The number of hydrogen-bond acceptors (Lipinski definition) is 0. The monoisotopic (exact) mass is 356 g/mol. The van der Waals surface area contributed by atoms with Crippen molar-refractivity contribution >= 4 is 12.7 Å². The molecule has 0 radical (unpaired) electrons. The minimum Gasteiger partial charge on any atom is -0.0776 e. The molecule has 0 atom stereocenters. The van der Waals surface area contributed by atoms with Gasteiger partial charge < -0.3 is 0 Å². The van der Waals surface area contributed by atoms with Gasteiger partial charge in [-0.05, 0) is 41.1 Å². The summed E-state index contributed by atoms with van der Waals surface area (Å²) in [5.74, 6) is 0. The average Bonchev–Trinajstić information content (AvgIpc) is 2.25. The van der Waals surface area contributed by atoms with E-state index in [1.54, 1.807) is 16.6 Å². The zero-order chi connectivity index (χ0) is 20.6. The highest BCUT2D eigenvalue weighted by Crippen LogP contribution is 2.30. The molecule has 0 saturated heterocycles. The first-order chi connectivity index (χ1) is 11.3. The fourth-order valence-corrected chi connectivity index (χ4v) is 3.80. The summed E-state index contributed by atoms with van der Waals surface area (Å²) >= 11 is 0. The Morgan fingerprint density at radius 2 is 0.923 bits per heavy atom. The van der Waals surface area contributed by atoms with Gasteiger partial charge in [0.15, 0.2) is 7.28 Å². The standard InChI is InChI=1S/C25H45B/c1-22(2,3)15-18-13-19(16-23(4,5)6)21(26-25(10,11)12)20(14-18)17-24(7,8)9/h13-14,26H,15-17H2,1-12H3. The van der Waals surface area contributed by atoms with Crippen LogP contribution in [0.15, 0.2) is 12.1 Å². The molecule has 26 heavy (non-hydrogen) atoms. The third kappa shape index (κ3) is 9.29. The van der Waals surface area contributed by atoms with Crippen LogP contribution in [0.1, 0.15) is 99.8 Å². The van der Waals surface area contributed by atoms with E-state index >= 15 is 0 Å². The normalized spacial score (nSPS) is 13.8. The smallest absolute Gasteiger partial charge is 0.0776 e. The Labute approximate surface area is 165 Å². The molecule has 1 aromatic carbocycles. The van der Waals surface area contributed by atoms with E-state index in [1.807, 2.05) is 0 Å². The average molecular weight is 356 g/mol. The van der Waals surface area contributed by atoms with E-state index in [9.17, 15) is 0 Å². The van der Waals surface area contributed by atoms with Crippen LogP contribution in [0.3, 0.4) is 0 Å². The highest BCUT2D eigenvalue weighted by atomic mass is 14.3. The molecule has 0 aliphatic carbocycles. The molecule has 1 aromatic rings. The molecule has 148 valence electrons.